The van der Waals surface area contributed by atoms with Gasteiger partial charge in [0.25, 0.3) is 0 Å². The van der Waals surface area contributed by atoms with Gasteiger partial charge in [-0.05, 0) is 42.5 Å². The molecule has 0 unspecified atom stereocenters. The number of para-hydroxylation sites is 1. The minimum atomic E-state index is 0.798. The number of rotatable bonds is 3. The quantitative estimate of drug-likeness (QED) is 0.352. The summed E-state index contributed by atoms with van der Waals surface area (Å²) < 4.78 is 8.47. The first kappa shape index (κ1) is 17.0. The van der Waals surface area contributed by atoms with Crippen LogP contribution in [-0.2, 0) is 0 Å². The third-order valence-corrected chi connectivity index (χ3v) is 5.31. The molecule has 136 valence electrons. The molecule has 0 saturated heterocycles. The number of fused-ring (bicyclic) bond motifs is 3. The molecule has 0 aliphatic heterocycles. The van der Waals surface area contributed by atoms with Gasteiger partial charge in [-0.15, -0.1) is 0 Å². The monoisotopic (exact) mass is 429 g/mol. The van der Waals surface area contributed by atoms with E-state index in [0.29, 0.717) is 0 Å². The minimum Gasteiger partial charge on any atom is -0.497 e. The van der Waals surface area contributed by atoms with E-state index in [1.807, 2.05) is 59.4 Å². The molecule has 3 aromatic carbocycles. The van der Waals surface area contributed by atoms with Gasteiger partial charge in [-0.1, -0.05) is 46.3 Å². The maximum absolute atomic E-state index is 5.46. The number of halogens is 1. The number of methoxy groups -OCH3 is 1. The summed E-state index contributed by atoms with van der Waals surface area (Å²) in [6.07, 6.45) is 1.91. The molecule has 0 amide bonds. The zero-order chi connectivity index (χ0) is 19.1. The fraction of sp³-hybridized carbons (Fsp3) is 0.0435. The Balaban J connectivity index is 1.92. The lowest BCUT2D eigenvalue weighted by atomic mass is 10.1. The second-order valence-corrected chi connectivity index (χ2v) is 7.43. The predicted molar refractivity (Wildman–Crippen MR) is 116 cm³/mol. The van der Waals surface area contributed by atoms with Crippen molar-refractivity contribution in [2.75, 3.05) is 7.11 Å². The van der Waals surface area contributed by atoms with Crippen LogP contribution in [0.2, 0.25) is 0 Å². The van der Waals surface area contributed by atoms with Gasteiger partial charge in [0.1, 0.15) is 11.4 Å². The van der Waals surface area contributed by atoms with Crippen molar-refractivity contribution in [3.63, 3.8) is 0 Å². The lowest BCUT2D eigenvalue weighted by Crippen LogP contribution is -1.97. The lowest BCUT2D eigenvalue weighted by Gasteiger charge is -2.07. The first-order chi connectivity index (χ1) is 13.7. The molecule has 0 radical (unpaired) electrons. The normalized spacial score (nSPS) is 11.2. The lowest BCUT2D eigenvalue weighted by molar-refractivity contribution is 0.415. The molecule has 5 aromatic rings. The van der Waals surface area contributed by atoms with Gasteiger partial charge in [0, 0.05) is 27.0 Å². The van der Waals surface area contributed by atoms with Gasteiger partial charge in [-0.25, -0.2) is 4.68 Å². The molecule has 0 spiro atoms. The van der Waals surface area contributed by atoms with Gasteiger partial charge in [-0.2, -0.15) is 5.10 Å². The number of hydrogen-bond acceptors (Lipinski definition) is 3. The Hall–Kier alpha value is -3.18. The van der Waals surface area contributed by atoms with Gasteiger partial charge in [-0.3, -0.25) is 4.98 Å². The van der Waals surface area contributed by atoms with E-state index in [-0.39, 0.29) is 0 Å². The van der Waals surface area contributed by atoms with Crippen LogP contribution in [0.4, 0.5) is 0 Å². The highest BCUT2D eigenvalue weighted by Gasteiger charge is 2.17. The number of pyridine rings is 1. The van der Waals surface area contributed by atoms with Gasteiger partial charge < -0.3 is 4.74 Å². The summed E-state index contributed by atoms with van der Waals surface area (Å²) in [4.78, 5) is 4.68. The zero-order valence-corrected chi connectivity index (χ0v) is 16.7. The Bertz CT molecular complexity index is 1310. The van der Waals surface area contributed by atoms with E-state index in [1.165, 1.54) is 0 Å². The van der Waals surface area contributed by atoms with E-state index >= 15 is 0 Å². The third kappa shape index (κ3) is 2.75. The molecule has 5 heteroatoms. The highest BCUT2D eigenvalue weighted by molar-refractivity contribution is 9.10. The molecule has 2 heterocycles. The molecule has 0 aliphatic rings. The van der Waals surface area contributed by atoms with E-state index in [2.05, 4.69) is 45.2 Å². The largest absolute Gasteiger partial charge is 0.497 e. The second-order valence-electron chi connectivity index (χ2n) is 6.51. The van der Waals surface area contributed by atoms with Crippen molar-refractivity contribution in [2.45, 2.75) is 0 Å². The highest BCUT2D eigenvalue weighted by Crippen LogP contribution is 2.35. The van der Waals surface area contributed by atoms with Gasteiger partial charge in [0.05, 0.1) is 23.8 Å². The number of hydrogen-bond donors (Lipinski definition) is 0. The summed E-state index contributed by atoms with van der Waals surface area (Å²) in [5, 5.41) is 7.00. The molecule has 0 bridgehead atoms. The molecule has 0 fully saturated rings. The summed E-state index contributed by atoms with van der Waals surface area (Å²) in [6.45, 7) is 0. The van der Waals surface area contributed by atoms with Crippen LogP contribution in [0.25, 0.3) is 38.8 Å². The molecular formula is C23H16BrN3O. The molecule has 5 rings (SSSR count). The first-order valence-corrected chi connectivity index (χ1v) is 9.71. The van der Waals surface area contributed by atoms with Gasteiger partial charge in [0.2, 0.25) is 0 Å². The van der Waals surface area contributed by atoms with Crippen LogP contribution >= 0.6 is 15.9 Å². The Morgan fingerprint density at radius 3 is 2.54 bits per heavy atom. The van der Waals surface area contributed by atoms with Crippen molar-refractivity contribution in [3.05, 3.63) is 83.5 Å². The van der Waals surface area contributed by atoms with Crippen molar-refractivity contribution in [1.29, 1.82) is 0 Å². The van der Waals surface area contributed by atoms with Crippen LogP contribution in [-0.4, -0.2) is 21.9 Å². The van der Waals surface area contributed by atoms with Crippen molar-refractivity contribution < 1.29 is 4.74 Å². The SMILES string of the molecule is COc1ccc2ncc3c(-c4cccc(Br)c4)nn(-c4ccccc4)c3c2c1. The van der Waals surface area contributed by atoms with E-state index in [1.54, 1.807) is 7.11 Å². The Morgan fingerprint density at radius 1 is 0.893 bits per heavy atom. The number of nitrogens with zero attached hydrogens (tertiary/aromatic N) is 3. The van der Waals surface area contributed by atoms with Crippen LogP contribution in [0.1, 0.15) is 0 Å². The Kier molecular flexibility index (Phi) is 4.10. The third-order valence-electron chi connectivity index (χ3n) is 4.81. The standard InChI is InChI=1S/C23H16BrN3O/c1-28-18-10-11-21-19(13-18)23-20(14-25-21)22(15-6-5-7-16(24)12-15)26-27(23)17-8-3-2-4-9-17/h2-14H,1H3. The number of benzene rings is 3. The van der Waals surface area contributed by atoms with Crippen LogP contribution in [0.15, 0.2) is 83.5 Å². The van der Waals surface area contributed by atoms with Crippen molar-refractivity contribution in [2.24, 2.45) is 0 Å². The van der Waals surface area contributed by atoms with E-state index in [0.717, 1.165) is 49.0 Å². The van der Waals surface area contributed by atoms with Crippen molar-refractivity contribution >= 4 is 37.7 Å². The van der Waals surface area contributed by atoms with E-state index in [4.69, 9.17) is 9.84 Å². The second kappa shape index (κ2) is 6.77. The Labute approximate surface area is 170 Å². The molecule has 0 aliphatic carbocycles. The maximum atomic E-state index is 5.46. The molecule has 2 aromatic heterocycles. The fourth-order valence-electron chi connectivity index (χ4n) is 3.50. The highest BCUT2D eigenvalue weighted by atomic mass is 79.9. The molecule has 28 heavy (non-hydrogen) atoms. The van der Waals surface area contributed by atoms with Crippen LogP contribution in [0.5, 0.6) is 5.75 Å². The van der Waals surface area contributed by atoms with E-state index < -0.39 is 0 Å². The Morgan fingerprint density at radius 2 is 1.75 bits per heavy atom. The predicted octanol–water partition coefficient (Wildman–Crippen LogP) is 6.01. The van der Waals surface area contributed by atoms with Gasteiger partial charge in [0.15, 0.2) is 0 Å². The zero-order valence-electron chi connectivity index (χ0n) is 15.1. The minimum absolute atomic E-state index is 0.798. The summed E-state index contributed by atoms with van der Waals surface area (Å²) in [6, 6.07) is 24.3. The molecule has 0 saturated carbocycles. The summed E-state index contributed by atoms with van der Waals surface area (Å²) in [5.74, 6) is 0.798. The topological polar surface area (TPSA) is 39.9 Å². The fourth-order valence-corrected chi connectivity index (χ4v) is 3.89. The number of aromatic nitrogens is 3. The van der Waals surface area contributed by atoms with Gasteiger partial charge >= 0.3 is 0 Å². The molecular weight excluding hydrogens is 414 g/mol. The summed E-state index contributed by atoms with van der Waals surface area (Å²) >= 11 is 3.57. The molecule has 4 nitrogen and oxygen atoms in total. The smallest absolute Gasteiger partial charge is 0.119 e. The summed E-state index contributed by atoms with van der Waals surface area (Å²) in [7, 11) is 1.68. The van der Waals surface area contributed by atoms with Crippen molar-refractivity contribution in [3.8, 4) is 22.7 Å². The van der Waals surface area contributed by atoms with Crippen LogP contribution < -0.4 is 4.74 Å². The first-order valence-electron chi connectivity index (χ1n) is 8.91. The summed E-state index contributed by atoms with van der Waals surface area (Å²) in [5.41, 5.74) is 4.87. The van der Waals surface area contributed by atoms with Crippen LogP contribution in [0, 0.1) is 0 Å². The maximum Gasteiger partial charge on any atom is 0.119 e. The molecule has 0 N–H and O–H groups in total. The van der Waals surface area contributed by atoms with E-state index in [9.17, 15) is 0 Å². The molecule has 0 atom stereocenters. The number of ether oxygens (including phenoxy) is 1. The average molecular weight is 430 g/mol. The average Bonchev–Trinajstić information content (AvgIpc) is 3.14. The van der Waals surface area contributed by atoms with Crippen LogP contribution in [0.3, 0.4) is 0 Å². The van der Waals surface area contributed by atoms with Crippen molar-refractivity contribution in [1.82, 2.24) is 14.8 Å².